The van der Waals surface area contributed by atoms with E-state index < -0.39 is 17.5 Å². The molecule has 1 fully saturated rings. The molecular formula is C20H16F3N3O2. The molecule has 2 heterocycles. The van der Waals surface area contributed by atoms with Gasteiger partial charge < -0.3 is 9.42 Å². The normalized spacial score (nSPS) is 17.0. The van der Waals surface area contributed by atoms with E-state index in [0.29, 0.717) is 24.5 Å². The first-order valence-electron chi connectivity index (χ1n) is 8.85. The van der Waals surface area contributed by atoms with Crippen molar-refractivity contribution in [3.05, 3.63) is 71.3 Å². The van der Waals surface area contributed by atoms with Crippen LogP contribution in [0.15, 0.2) is 47.0 Å². The Labute approximate surface area is 158 Å². The summed E-state index contributed by atoms with van der Waals surface area (Å²) >= 11 is 0. The molecule has 144 valence electrons. The minimum Gasteiger partial charge on any atom is -0.338 e. The number of halogens is 3. The van der Waals surface area contributed by atoms with Crippen molar-refractivity contribution >= 4 is 5.91 Å². The predicted octanol–water partition coefficient (Wildman–Crippen LogP) is 4.17. The van der Waals surface area contributed by atoms with Gasteiger partial charge in [0.2, 0.25) is 0 Å². The van der Waals surface area contributed by atoms with E-state index in [1.807, 2.05) is 0 Å². The number of likely N-dealkylation sites (tertiary alicyclic amines) is 1. The first-order chi connectivity index (χ1) is 13.5. The largest absolute Gasteiger partial charge is 0.338 e. The Bertz CT molecular complexity index is 1000. The minimum atomic E-state index is -0.785. The summed E-state index contributed by atoms with van der Waals surface area (Å²) in [6, 6.07) is 8.51. The van der Waals surface area contributed by atoms with Gasteiger partial charge in [0.25, 0.3) is 11.8 Å². The molecule has 1 aliphatic heterocycles. The molecule has 1 aromatic heterocycles. The molecule has 1 saturated heterocycles. The van der Waals surface area contributed by atoms with Crippen molar-refractivity contribution in [3.63, 3.8) is 0 Å². The molecule has 0 radical (unpaired) electrons. The zero-order chi connectivity index (χ0) is 19.7. The van der Waals surface area contributed by atoms with Crippen LogP contribution in [0.3, 0.4) is 0 Å². The lowest BCUT2D eigenvalue weighted by Gasteiger charge is -2.31. The highest BCUT2D eigenvalue weighted by atomic mass is 19.1. The lowest BCUT2D eigenvalue weighted by atomic mass is 9.96. The SMILES string of the molecule is O=C(c1ccc(F)cc1)N1CCCC(c2noc(-c3ccc(F)cc3F)n2)C1. The second kappa shape index (κ2) is 7.46. The molecular weight excluding hydrogens is 371 g/mol. The molecule has 1 atom stereocenters. The highest BCUT2D eigenvalue weighted by Gasteiger charge is 2.29. The van der Waals surface area contributed by atoms with E-state index in [9.17, 15) is 18.0 Å². The van der Waals surface area contributed by atoms with E-state index in [1.165, 1.54) is 30.3 Å². The van der Waals surface area contributed by atoms with Crippen LogP contribution in [-0.4, -0.2) is 34.0 Å². The van der Waals surface area contributed by atoms with Gasteiger partial charge in [-0.2, -0.15) is 4.98 Å². The van der Waals surface area contributed by atoms with Crippen molar-refractivity contribution in [2.24, 2.45) is 0 Å². The molecule has 28 heavy (non-hydrogen) atoms. The maximum absolute atomic E-state index is 13.9. The van der Waals surface area contributed by atoms with Crippen molar-refractivity contribution in [1.82, 2.24) is 15.0 Å². The van der Waals surface area contributed by atoms with E-state index in [1.54, 1.807) is 4.90 Å². The summed E-state index contributed by atoms with van der Waals surface area (Å²) < 4.78 is 45.2. The third-order valence-corrected chi connectivity index (χ3v) is 4.77. The van der Waals surface area contributed by atoms with Crippen LogP contribution in [0.25, 0.3) is 11.5 Å². The van der Waals surface area contributed by atoms with E-state index in [2.05, 4.69) is 10.1 Å². The van der Waals surface area contributed by atoms with Crippen LogP contribution in [0.5, 0.6) is 0 Å². The van der Waals surface area contributed by atoms with Crippen LogP contribution in [0.4, 0.5) is 13.2 Å². The third-order valence-electron chi connectivity index (χ3n) is 4.77. The fraction of sp³-hybridized carbons (Fsp3) is 0.250. The average molecular weight is 387 g/mol. The molecule has 0 saturated carbocycles. The van der Waals surface area contributed by atoms with Gasteiger partial charge in [-0.25, -0.2) is 13.2 Å². The fourth-order valence-corrected chi connectivity index (χ4v) is 3.32. The summed E-state index contributed by atoms with van der Waals surface area (Å²) in [5, 5.41) is 3.92. The number of hydrogen-bond acceptors (Lipinski definition) is 4. The molecule has 1 amide bonds. The van der Waals surface area contributed by atoms with Crippen LogP contribution in [-0.2, 0) is 0 Å². The average Bonchev–Trinajstić information content (AvgIpc) is 3.18. The van der Waals surface area contributed by atoms with Gasteiger partial charge in [-0.15, -0.1) is 0 Å². The molecule has 3 aromatic rings. The first kappa shape index (κ1) is 18.2. The van der Waals surface area contributed by atoms with Crippen molar-refractivity contribution in [1.29, 1.82) is 0 Å². The minimum absolute atomic E-state index is 0.0233. The highest BCUT2D eigenvalue weighted by Crippen LogP contribution is 2.29. The Morgan fingerprint density at radius 3 is 2.57 bits per heavy atom. The number of carbonyl (C=O) groups excluding carboxylic acids is 1. The summed E-state index contributed by atoms with van der Waals surface area (Å²) in [7, 11) is 0. The van der Waals surface area contributed by atoms with Crippen LogP contribution in [0.2, 0.25) is 0 Å². The van der Waals surface area contributed by atoms with Gasteiger partial charge in [-0.3, -0.25) is 4.79 Å². The summed E-state index contributed by atoms with van der Waals surface area (Å²) in [4.78, 5) is 18.6. The number of benzene rings is 2. The van der Waals surface area contributed by atoms with Gasteiger partial charge in [-0.1, -0.05) is 5.16 Å². The fourth-order valence-electron chi connectivity index (χ4n) is 3.32. The second-order valence-corrected chi connectivity index (χ2v) is 6.68. The predicted molar refractivity (Wildman–Crippen MR) is 93.9 cm³/mol. The summed E-state index contributed by atoms with van der Waals surface area (Å²) in [6.45, 7) is 0.949. The van der Waals surface area contributed by atoms with E-state index in [0.717, 1.165) is 25.0 Å². The number of carbonyl (C=O) groups is 1. The molecule has 0 bridgehead atoms. The quantitative estimate of drug-likeness (QED) is 0.677. The molecule has 5 nitrogen and oxygen atoms in total. The van der Waals surface area contributed by atoms with E-state index in [-0.39, 0.29) is 23.3 Å². The maximum Gasteiger partial charge on any atom is 0.260 e. The lowest BCUT2D eigenvalue weighted by molar-refractivity contribution is 0.0703. The Hall–Kier alpha value is -3.16. The van der Waals surface area contributed by atoms with Crippen LogP contribution < -0.4 is 0 Å². The Morgan fingerprint density at radius 1 is 1.07 bits per heavy atom. The topological polar surface area (TPSA) is 59.2 Å². The van der Waals surface area contributed by atoms with Gasteiger partial charge in [-0.05, 0) is 49.2 Å². The molecule has 0 spiro atoms. The summed E-state index contributed by atoms with van der Waals surface area (Å²) in [5.41, 5.74) is 0.430. The number of hydrogen-bond donors (Lipinski definition) is 0. The molecule has 0 aliphatic carbocycles. The lowest BCUT2D eigenvalue weighted by Crippen LogP contribution is -2.39. The molecule has 8 heteroatoms. The van der Waals surface area contributed by atoms with E-state index in [4.69, 9.17) is 4.52 Å². The van der Waals surface area contributed by atoms with Crippen molar-refractivity contribution in [2.75, 3.05) is 13.1 Å². The molecule has 0 N–H and O–H groups in total. The molecule has 2 aromatic carbocycles. The number of rotatable bonds is 3. The van der Waals surface area contributed by atoms with E-state index >= 15 is 0 Å². The number of amides is 1. The van der Waals surface area contributed by atoms with Crippen LogP contribution in [0, 0.1) is 17.5 Å². The molecule has 1 aliphatic rings. The Morgan fingerprint density at radius 2 is 1.82 bits per heavy atom. The van der Waals surface area contributed by atoms with Crippen molar-refractivity contribution in [2.45, 2.75) is 18.8 Å². The van der Waals surface area contributed by atoms with Gasteiger partial charge in [0.05, 0.1) is 5.56 Å². The van der Waals surface area contributed by atoms with Crippen molar-refractivity contribution < 1.29 is 22.5 Å². The summed E-state index contributed by atoms with van der Waals surface area (Å²) in [6.07, 6.45) is 1.49. The van der Waals surface area contributed by atoms with Crippen molar-refractivity contribution in [3.8, 4) is 11.5 Å². The zero-order valence-electron chi connectivity index (χ0n) is 14.7. The van der Waals surface area contributed by atoms with Gasteiger partial charge in [0.15, 0.2) is 5.82 Å². The zero-order valence-corrected chi connectivity index (χ0v) is 14.7. The Balaban J connectivity index is 1.51. The van der Waals surface area contributed by atoms with Gasteiger partial charge >= 0.3 is 0 Å². The van der Waals surface area contributed by atoms with Crippen LogP contribution in [0.1, 0.15) is 34.9 Å². The molecule has 4 rings (SSSR count). The molecule has 1 unspecified atom stereocenters. The highest BCUT2D eigenvalue weighted by molar-refractivity contribution is 5.94. The third kappa shape index (κ3) is 3.62. The standard InChI is InChI=1S/C20H16F3N3O2/c21-14-5-3-12(4-6-14)20(27)26-9-1-2-13(11-26)18-24-19(28-25-18)16-8-7-15(22)10-17(16)23/h3-8,10,13H,1-2,9,11H2. The second-order valence-electron chi connectivity index (χ2n) is 6.68. The van der Waals surface area contributed by atoms with Crippen LogP contribution >= 0.6 is 0 Å². The number of aromatic nitrogens is 2. The summed E-state index contributed by atoms with van der Waals surface area (Å²) in [5.74, 6) is -1.91. The Kier molecular flexibility index (Phi) is 4.85. The number of nitrogens with zero attached hydrogens (tertiary/aromatic N) is 3. The number of piperidine rings is 1. The van der Waals surface area contributed by atoms with Gasteiger partial charge in [0.1, 0.15) is 17.5 Å². The van der Waals surface area contributed by atoms with Gasteiger partial charge in [0, 0.05) is 30.6 Å². The smallest absolute Gasteiger partial charge is 0.260 e. The monoisotopic (exact) mass is 387 g/mol. The first-order valence-corrected chi connectivity index (χ1v) is 8.85. The maximum atomic E-state index is 13.9.